The molecule has 0 aromatic rings. The molecule has 0 aromatic carbocycles. The second-order valence-corrected chi connectivity index (χ2v) is 2.70. The summed E-state index contributed by atoms with van der Waals surface area (Å²) in [5, 5.41) is 3.11. The fourth-order valence-corrected chi connectivity index (χ4v) is 1.26. The van der Waals surface area contributed by atoms with Crippen molar-refractivity contribution in [3.05, 3.63) is 0 Å². The van der Waals surface area contributed by atoms with Gasteiger partial charge in [0, 0.05) is 6.54 Å². The second kappa shape index (κ2) is 6.62. The highest BCUT2D eigenvalue weighted by atomic mass is 16.5. The Morgan fingerprint density at radius 3 is 2.36 bits per heavy atom. The Kier molecular flexibility index (Phi) is 6.57. The molecule has 1 aliphatic heterocycles. The first kappa shape index (κ1) is 10.9. The third-order valence-corrected chi connectivity index (χ3v) is 1.75. The van der Waals surface area contributed by atoms with E-state index in [4.69, 9.17) is 4.74 Å². The lowest BCUT2D eigenvalue weighted by Gasteiger charge is -2.08. The molecule has 2 unspecified atom stereocenters. The molecule has 2 heteroatoms. The monoisotopic (exact) mass is 159 g/mol. The van der Waals surface area contributed by atoms with E-state index in [0.717, 1.165) is 6.54 Å². The quantitative estimate of drug-likeness (QED) is 0.663. The molecular formula is C9H21NO. The van der Waals surface area contributed by atoms with Gasteiger partial charge in [0.2, 0.25) is 0 Å². The van der Waals surface area contributed by atoms with Crippen LogP contribution in [-0.4, -0.2) is 25.8 Å². The molecule has 68 valence electrons. The van der Waals surface area contributed by atoms with Crippen molar-refractivity contribution in [1.29, 1.82) is 0 Å². The topological polar surface area (TPSA) is 21.3 Å². The van der Waals surface area contributed by atoms with Crippen LogP contribution < -0.4 is 5.32 Å². The van der Waals surface area contributed by atoms with Gasteiger partial charge in [0.25, 0.3) is 0 Å². The first-order valence-corrected chi connectivity index (χ1v) is 4.63. The van der Waals surface area contributed by atoms with Gasteiger partial charge in [-0.25, -0.2) is 0 Å². The molecule has 1 fully saturated rings. The summed E-state index contributed by atoms with van der Waals surface area (Å²) in [5.74, 6) is 0. The molecule has 0 aromatic heterocycles. The lowest BCUT2D eigenvalue weighted by Crippen LogP contribution is -2.23. The Labute approximate surface area is 70.3 Å². The van der Waals surface area contributed by atoms with E-state index in [0.29, 0.717) is 12.2 Å². The van der Waals surface area contributed by atoms with E-state index in [-0.39, 0.29) is 0 Å². The Balaban J connectivity index is 0.000000461. The zero-order valence-corrected chi connectivity index (χ0v) is 8.18. The van der Waals surface area contributed by atoms with E-state index in [1.807, 2.05) is 20.9 Å². The van der Waals surface area contributed by atoms with Crippen LogP contribution in [0.15, 0.2) is 0 Å². The summed E-state index contributed by atoms with van der Waals surface area (Å²) in [6.45, 7) is 7.14. The van der Waals surface area contributed by atoms with Gasteiger partial charge in [-0.15, -0.1) is 0 Å². The van der Waals surface area contributed by atoms with Crippen LogP contribution in [0.5, 0.6) is 0 Å². The molecule has 1 heterocycles. The van der Waals surface area contributed by atoms with Crippen LogP contribution in [0.4, 0.5) is 0 Å². The first-order chi connectivity index (χ1) is 5.33. The Morgan fingerprint density at radius 1 is 1.36 bits per heavy atom. The fraction of sp³-hybridized carbons (Fsp3) is 1.00. The van der Waals surface area contributed by atoms with Crippen molar-refractivity contribution in [1.82, 2.24) is 5.32 Å². The van der Waals surface area contributed by atoms with Gasteiger partial charge in [-0.1, -0.05) is 13.8 Å². The van der Waals surface area contributed by atoms with Crippen molar-refractivity contribution in [2.24, 2.45) is 0 Å². The second-order valence-electron chi connectivity index (χ2n) is 2.70. The summed E-state index contributed by atoms with van der Waals surface area (Å²) in [6.07, 6.45) is 3.42. The van der Waals surface area contributed by atoms with Crippen molar-refractivity contribution in [3.63, 3.8) is 0 Å². The van der Waals surface area contributed by atoms with Crippen molar-refractivity contribution in [2.45, 2.75) is 45.8 Å². The summed E-state index contributed by atoms with van der Waals surface area (Å²) in [5.41, 5.74) is 0. The minimum absolute atomic E-state index is 0.477. The number of likely N-dealkylation sites (N-methyl/N-ethyl adjacent to an activating group) is 1. The standard InChI is InChI=1S/C7H15NO.C2H6/c1-6-3-4-7(9-6)5-8-2;1-2/h6-8H,3-5H2,1-2H3;1-2H3. The summed E-state index contributed by atoms with van der Waals surface area (Å²) >= 11 is 0. The summed E-state index contributed by atoms with van der Waals surface area (Å²) < 4.78 is 5.54. The van der Waals surface area contributed by atoms with Gasteiger partial charge in [-0.2, -0.15) is 0 Å². The molecule has 1 N–H and O–H groups in total. The predicted octanol–water partition coefficient (Wildman–Crippen LogP) is 1.80. The Morgan fingerprint density at radius 2 is 2.00 bits per heavy atom. The van der Waals surface area contributed by atoms with Gasteiger partial charge in [-0.3, -0.25) is 0 Å². The average molecular weight is 159 g/mol. The highest BCUT2D eigenvalue weighted by Gasteiger charge is 2.20. The smallest absolute Gasteiger partial charge is 0.0703 e. The minimum atomic E-state index is 0.477. The first-order valence-electron chi connectivity index (χ1n) is 4.63. The molecule has 1 aliphatic rings. The van der Waals surface area contributed by atoms with Crippen LogP contribution in [0.2, 0.25) is 0 Å². The highest BCUT2D eigenvalue weighted by Crippen LogP contribution is 2.17. The minimum Gasteiger partial charge on any atom is -0.374 e. The normalized spacial score (nSPS) is 29.5. The molecular weight excluding hydrogens is 138 g/mol. The van der Waals surface area contributed by atoms with Crippen LogP contribution in [0.25, 0.3) is 0 Å². The molecule has 0 amide bonds. The number of hydrogen-bond acceptors (Lipinski definition) is 2. The maximum absolute atomic E-state index is 5.54. The third kappa shape index (κ3) is 4.38. The van der Waals surface area contributed by atoms with Gasteiger partial charge in [-0.05, 0) is 26.8 Å². The van der Waals surface area contributed by atoms with Gasteiger partial charge >= 0.3 is 0 Å². The zero-order valence-electron chi connectivity index (χ0n) is 8.18. The Bertz CT molecular complexity index is 83.6. The fourth-order valence-electron chi connectivity index (χ4n) is 1.26. The maximum Gasteiger partial charge on any atom is 0.0703 e. The largest absolute Gasteiger partial charge is 0.374 e. The van der Waals surface area contributed by atoms with E-state index in [1.165, 1.54) is 12.8 Å². The molecule has 0 aliphatic carbocycles. The lowest BCUT2D eigenvalue weighted by atomic mass is 10.2. The molecule has 1 saturated heterocycles. The number of hydrogen-bond donors (Lipinski definition) is 1. The molecule has 0 spiro atoms. The van der Waals surface area contributed by atoms with Crippen molar-refractivity contribution >= 4 is 0 Å². The van der Waals surface area contributed by atoms with Crippen molar-refractivity contribution in [3.8, 4) is 0 Å². The number of ether oxygens (including phenoxy) is 1. The van der Waals surface area contributed by atoms with Crippen LogP contribution in [0, 0.1) is 0 Å². The lowest BCUT2D eigenvalue weighted by molar-refractivity contribution is 0.0572. The van der Waals surface area contributed by atoms with Crippen LogP contribution >= 0.6 is 0 Å². The molecule has 2 atom stereocenters. The molecule has 2 nitrogen and oxygen atoms in total. The van der Waals surface area contributed by atoms with Crippen LogP contribution in [0.3, 0.4) is 0 Å². The summed E-state index contributed by atoms with van der Waals surface area (Å²) in [6, 6.07) is 0. The molecule has 0 bridgehead atoms. The zero-order chi connectivity index (χ0) is 8.69. The van der Waals surface area contributed by atoms with Gasteiger partial charge in [0.15, 0.2) is 0 Å². The van der Waals surface area contributed by atoms with E-state index in [9.17, 15) is 0 Å². The number of rotatable bonds is 2. The van der Waals surface area contributed by atoms with Crippen LogP contribution in [0.1, 0.15) is 33.6 Å². The van der Waals surface area contributed by atoms with Crippen molar-refractivity contribution < 1.29 is 4.74 Å². The summed E-state index contributed by atoms with van der Waals surface area (Å²) in [4.78, 5) is 0. The number of nitrogens with one attached hydrogen (secondary N) is 1. The third-order valence-electron chi connectivity index (χ3n) is 1.75. The molecule has 0 saturated carbocycles. The van der Waals surface area contributed by atoms with Gasteiger partial charge in [0.05, 0.1) is 12.2 Å². The molecule has 11 heavy (non-hydrogen) atoms. The summed E-state index contributed by atoms with van der Waals surface area (Å²) in [7, 11) is 1.96. The van der Waals surface area contributed by atoms with E-state index >= 15 is 0 Å². The maximum atomic E-state index is 5.54. The molecule has 1 rings (SSSR count). The molecule has 0 radical (unpaired) electrons. The van der Waals surface area contributed by atoms with E-state index in [2.05, 4.69) is 12.2 Å². The van der Waals surface area contributed by atoms with Gasteiger partial charge in [0.1, 0.15) is 0 Å². The SMILES string of the molecule is CC.CNCC1CCC(C)O1. The average Bonchev–Trinajstić information content (AvgIpc) is 2.41. The highest BCUT2D eigenvalue weighted by molar-refractivity contribution is 4.71. The van der Waals surface area contributed by atoms with Crippen LogP contribution in [-0.2, 0) is 4.74 Å². The van der Waals surface area contributed by atoms with Crippen molar-refractivity contribution in [2.75, 3.05) is 13.6 Å². The van der Waals surface area contributed by atoms with E-state index < -0.39 is 0 Å². The van der Waals surface area contributed by atoms with Gasteiger partial charge < -0.3 is 10.1 Å². The van der Waals surface area contributed by atoms with E-state index in [1.54, 1.807) is 0 Å². The Hall–Kier alpha value is -0.0800. The predicted molar refractivity (Wildman–Crippen MR) is 48.8 cm³/mol.